The zero-order valence-corrected chi connectivity index (χ0v) is 22.0. The Morgan fingerprint density at radius 1 is 0.735 bits per heavy atom. The standard InChI is InChI=1S/C30H39O3P/c1-5-6-7-8-9-16-21-32-34(31)33-29-27(25-19-14-11-15-20-25)22-26(23-28(29)30(2,3)4)24-17-12-10-13-18-24/h10-15,17-20,22-23,31H,5-9,16,21H2,1-4H3. The SMILES string of the molecule is CCCCCCCCOP(O)Oc1c(-c2ccccc2)cc(-c2ccccc2)cc1C(C)(C)C. The summed E-state index contributed by atoms with van der Waals surface area (Å²) in [7, 11) is -2.02. The Morgan fingerprint density at radius 2 is 1.32 bits per heavy atom. The van der Waals surface area contributed by atoms with E-state index in [4.69, 9.17) is 9.05 Å². The van der Waals surface area contributed by atoms with E-state index in [1.54, 1.807) is 0 Å². The summed E-state index contributed by atoms with van der Waals surface area (Å²) >= 11 is 0. The first-order valence-corrected chi connectivity index (χ1v) is 13.6. The van der Waals surface area contributed by atoms with Crippen molar-refractivity contribution in [2.45, 2.75) is 71.6 Å². The highest BCUT2D eigenvalue weighted by Gasteiger charge is 2.26. The minimum absolute atomic E-state index is 0.181. The lowest BCUT2D eigenvalue weighted by atomic mass is 9.82. The summed E-state index contributed by atoms with van der Waals surface area (Å²) in [4.78, 5) is 10.7. The average molecular weight is 479 g/mol. The van der Waals surface area contributed by atoms with E-state index in [2.05, 4.69) is 76.2 Å². The molecule has 4 heteroatoms. The lowest BCUT2D eigenvalue weighted by Gasteiger charge is -2.27. The summed E-state index contributed by atoms with van der Waals surface area (Å²) in [6.07, 6.45) is 7.08. The van der Waals surface area contributed by atoms with Crippen molar-refractivity contribution in [2.75, 3.05) is 6.61 Å². The molecule has 0 amide bonds. The Bertz CT molecular complexity index is 997. The Kier molecular flexibility index (Phi) is 10.1. The molecule has 0 radical (unpaired) electrons. The molecule has 0 spiro atoms. The summed E-state index contributed by atoms with van der Waals surface area (Å²) in [6, 6.07) is 25.0. The van der Waals surface area contributed by atoms with Crippen molar-refractivity contribution in [1.29, 1.82) is 0 Å². The molecular formula is C30H39O3P. The van der Waals surface area contributed by atoms with Crippen molar-refractivity contribution >= 4 is 8.60 Å². The van der Waals surface area contributed by atoms with Gasteiger partial charge in [-0.3, -0.25) is 0 Å². The van der Waals surface area contributed by atoms with Crippen molar-refractivity contribution in [2.24, 2.45) is 0 Å². The normalized spacial score (nSPS) is 12.5. The maximum Gasteiger partial charge on any atom is 0.394 e. The Balaban J connectivity index is 1.89. The van der Waals surface area contributed by atoms with Gasteiger partial charge in [-0.1, -0.05) is 120 Å². The molecule has 0 aliphatic rings. The van der Waals surface area contributed by atoms with Gasteiger partial charge in [-0.25, -0.2) is 0 Å². The maximum absolute atomic E-state index is 10.7. The molecule has 34 heavy (non-hydrogen) atoms. The highest BCUT2D eigenvalue weighted by molar-refractivity contribution is 7.41. The zero-order chi connectivity index (χ0) is 24.4. The van der Waals surface area contributed by atoms with Gasteiger partial charge in [-0.05, 0) is 40.7 Å². The van der Waals surface area contributed by atoms with Crippen LogP contribution in [0.4, 0.5) is 0 Å². The fraction of sp³-hybridized carbons (Fsp3) is 0.400. The predicted octanol–water partition coefficient (Wildman–Crippen LogP) is 9.29. The minimum Gasteiger partial charge on any atom is -0.426 e. The molecule has 0 aromatic heterocycles. The first-order valence-electron chi connectivity index (χ1n) is 12.5. The molecule has 1 atom stereocenters. The van der Waals surface area contributed by atoms with Gasteiger partial charge in [0.05, 0.1) is 6.61 Å². The van der Waals surface area contributed by atoms with Gasteiger partial charge in [0.15, 0.2) is 0 Å². The first kappa shape index (κ1) is 26.4. The molecule has 0 heterocycles. The fourth-order valence-corrected chi connectivity index (χ4v) is 4.73. The van der Waals surface area contributed by atoms with Crippen molar-refractivity contribution < 1.29 is 13.9 Å². The van der Waals surface area contributed by atoms with Gasteiger partial charge >= 0.3 is 8.60 Å². The van der Waals surface area contributed by atoms with Gasteiger partial charge < -0.3 is 13.9 Å². The van der Waals surface area contributed by atoms with E-state index in [-0.39, 0.29) is 5.41 Å². The third-order valence-corrected chi connectivity index (χ3v) is 6.70. The van der Waals surface area contributed by atoms with E-state index in [0.717, 1.165) is 40.7 Å². The second-order valence-corrected chi connectivity index (χ2v) is 10.7. The zero-order valence-electron chi connectivity index (χ0n) is 21.1. The number of hydrogen-bond acceptors (Lipinski definition) is 3. The van der Waals surface area contributed by atoms with E-state index in [9.17, 15) is 4.89 Å². The molecular weight excluding hydrogens is 439 g/mol. The monoisotopic (exact) mass is 478 g/mol. The van der Waals surface area contributed by atoms with Crippen LogP contribution in [-0.4, -0.2) is 11.5 Å². The van der Waals surface area contributed by atoms with Crippen LogP contribution in [0.2, 0.25) is 0 Å². The van der Waals surface area contributed by atoms with Crippen molar-refractivity contribution in [3.63, 3.8) is 0 Å². The van der Waals surface area contributed by atoms with Crippen molar-refractivity contribution in [3.05, 3.63) is 78.4 Å². The molecule has 0 aliphatic heterocycles. The smallest absolute Gasteiger partial charge is 0.394 e. The third kappa shape index (κ3) is 7.67. The summed E-state index contributed by atoms with van der Waals surface area (Å²) < 4.78 is 11.9. The van der Waals surface area contributed by atoms with Crippen molar-refractivity contribution in [3.8, 4) is 28.0 Å². The molecule has 0 saturated heterocycles. The Hall–Kier alpha value is -2.19. The number of benzene rings is 3. The van der Waals surface area contributed by atoms with Gasteiger partial charge in [-0.2, -0.15) is 0 Å². The molecule has 1 unspecified atom stereocenters. The summed E-state index contributed by atoms with van der Waals surface area (Å²) in [5.74, 6) is 0.704. The Morgan fingerprint density at radius 3 is 1.94 bits per heavy atom. The van der Waals surface area contributed by atoms with Crippen LogP contribution in [0, 0.1) is 0 Å². The lowest BCUT2D eigenvalue weighted by Crippen LogP contribution is -2.14. The topological polar surface area (TPSA) is 38.7 Å². The van der Waals surface area contributed by atoms with E-state index in [0.29, 0.717) is 12.4 Å². The number of unbranched alkanes of at least 4 members (excludes halogenated alkanes) is 5. The van der Waals surface area contributed by atoms with Crippen LogP contribution in [0.3, 0.4) is 0 Å². The van der Waals surface area contributed by atoms with Crippen LogP contribution in [0.25, 0.3) is 22.3 Å². The van der Waals surface area contributed by atoms with Crippen LogP contribution < -0.4 is 4.52 Å². The molecule has 0 saturated carbocycles. The van der Waals surface area contributed by atoms with Gasteiger partial charge in [0.1, 0.15) is 5.75 Å². The number of rotatable bonds is 12. The van der Waals surface area contributed by atoms with E-state index in [1.807, 2.05) is 24.3 Å². The highest BCUT2D eigenvalue weighted by atomic mass is 31.2. The van der Waals surface area contributed by atoms with Gasteiger partial charge in [-0.15, -0.1) is 0 Å². The second-order valence-electron chi connectivity index (χ2n) is 9.81. The van der Waals surface area contributed by atoms with Gasteiger partial charge in [0.25, 0.3) is 0 Å². The molecule has 3 aromatic carbocycles. The Labute approximate surface area is 207 Å². The van der Waals surface area contributed by atoms with Crippen LogP contribution in [0.15, 0.2) is 72.8 Å². The quantitative estimate of drug-likeness (QED) is 0.208. The minimum atomic E-state index is -2.02. The third-order valence-electron chi connectivity index (χ3n) is 5.96. The average Bonchev–Trinajstić information content (AvgIpc) is 2.84. The lowest BCUT2D eigenvalue weighted by molar-refractivity contribution is 0.252. The summed E-state index contributed by atoms with van der Waals surface area (Å²) in [6.45, 7) is 9.27. The van der Waals surface area contributed by atoms with Crippen LogP contribution in [-0.2, 0) is 9.94 Å². The molecule has 0 fully saturated rings. The van der Waals surface area contributed by atoms with E-state index < -0.39 is 8.60 Å². The molecule has 0 bridgehead atoms. The number of hydrogen-bond donors (Lipinski definition) is 1. The molecule has 3 nitrogen and oxygen atoms in total. The molecule has 0 aliphatic carbocycles. The summed E-state index contributed by atoms with van der Waals surface area (Å²) in [5.41, 5.74) is 5.18. The van der Waals surface area contributed by atoms with E-state index >= 15 is 0 Å². The van der Waals surface area contributed by atoms with Crippen LogP contribution in [0.1, 0.15) is 71.8 Å². The highest BCUT2D eigenvalue weighted by Crippen LogP contribution is 2.47. The fourth-order valence-electron chi connectivity index (χ4n) is 4.04. The van der Waals surface area contributed by atoms with Gasteiger partial charge in [0.2, 0.25) is 0 Å². The largest absolute Gasteiger partial charge is 0.426 e. The molecule has 1 N–H and O–H groups in total. The van der Waals surface area contributed by atoms with Crippen LogP contribution in [0.5, 0.6) is 5.75 Å². The van der Waals surface area contributed by atoms with Crippen molar-refractivity contribution in [1.82, 2.24) is 0 Å². The molecule has 182 valence electrons. The second kappa shape index (κ2) is 13.0. The molecule has 3 aromatic rings. The first-order chi connectivity index (χ1) is 16.4. The maximum atomic E-state index is 10.7. The predicted molar refractivity (Wildman–Crippen MR) is 145 cm³/mol. The summed E-state index contributed by atoms with van der Waals surface area (Å²) in [5, 5.41) is 0. The van der Waals surface area contributed by atoms with Gasteiger partial charge in [0, 0.05) is 11.1 Å². The van der Waals surface area contributed by atoms with E-state index in [1.165, 1.54) is 25.7 Å². The van der Waals surface area contributed by atoms with Crippen LogP contribution >= 0.6 is 8.60 Å². The molecule has 3 rings (SSSR count).